The number of hydrogen-bond acceptors (Lipinski definition) is 4. The molecule has 3 rings (SSSR count). The van der Waals surface area contributed by atoms with Crippen molar-refractivity contribution in [2.24, 2.45) is 0 Å². The molecule has 0 saturated carbocycles. The molecule has 0 aliphatic carbocycles. The SMILES string of the molecule is COc1ccc(Sc2cnc3ccccc3n2)cc1. The summed E-state index contributed by atoms with van der Waals surface area (Å²) >= 11 is 1.59. The number of hydrogen-bond donors (Lipinski definition) is 0. The van der Waals surface area contributed by atoms with Gasteiger partial charge in [0.15, 0.2) is 0 Å². The van der Waals surface area contributed by atoms with Crippen molar-refractivity contribution in [2.45, 2.75) is 9.92 Å². The van der Waals surface area contributed by atoms with Gasteiger partial charge in [0.25, 0.3) is 0 Å². The van der Waals surface area contributed by atoms with Crippen LogP contribution in [0.1, 0.15) is 0 Å². The Morgan fingerprint density at radius 2 is 1.68 bits per heavy atom. The summed E-state index contributed by atoms with van der Waals surface area (Å²) in [5, 5.41) is 0.892. The molecule has 0 radical (unpaired) electrons. The fourth-order valence-corrected chi connectivity index (χ4v) is 2.52. The zero-order valence-electron chi connectivity index (χ0n) is 10.4. The van der Waals surface area contributed by atoms with Gasteiger partial charge < -0.3 is 4.74 Å². The Morgan fingerprint density at radius 1 is 0.947 bits per heavy atom. The average Bonchev–Trinajstić information content (AvgIpc) is 2.48. The van der Waals surface area contributed by atoms with Crippen molar-refractivity contribution in [2.75, 3.05) is 7.11 Å². The summed E-state index contributed by atoms with van der Waals surface area (Å²) in [5.74, 6) is 0.856. The highest BCUT2D eigenvalue weighted by molar-refractivity contribution is 7.99. The van der Waals surface area contributed by atoms with Gasteiger partial charge in [-0.15, -0.1) is 0 Å². The zero-order valence-corrected chi connectivity index (χ0v) is 11.2. The van der Waals surface area contributed by atoms with Crippen molar-refractivity contribution in [3.8, 4) is 5.75 Å². The predicted octanol–water partition coefficient (Wildman–Crippen LogP) is 3.79. The summed E-state index contributed by atoms with van der Waals surface area (Å²) in [5.41, 5.74) is 1.84. The zero-order chi connectivity index (χ0) is 13.1. The fourth-order valence-electron chi connectivity index (χ4n) is 1.75. The molecule has 0 saturated heterocycles. The summed E-state index contributed by atoms with van der Waals surface area (Å²) in [6.45, 7) is 0. The van der Waals surface area contributed by atoms with E-state index in [1.807, 2.05) is 48.5 Å². The second-order valence-corrected chi connectivity index (χ2v) is 5.07. The first-order valence-electron chi connectivity index (χ1n) is 5.89. The smallest absolute Gasteiger partial charge is 0.120 e. The third kappa shape index (κ3) is 2.69. The number of fused-ring (bicyclic) bond motifs is 1. The maximum atomic E-state index is 5.14. The van der Waals surface area contributed by atoms with E-state index in [0.717, 1.165) is 26.7 Å². The van der Waals surface area contributed by atoms with Gasteiger partial charge in [-0.3, -0.25) is 4.98 Å². The Morgan fingerprint density at radius 3 is 2.42 bits per heavy atom. The molecular weight excluding hydrogens is 256 g/mol. The Bertz CT molecular complexity index is 698. The maximum absolute atomic E-state index is 5.14. The Labute approximate surface area is 115 Å². The van der Waals surface area contributed by atoms with Crippen LogP contribution in [0, 0.1) is 0 Å². The largest absolute Gasteiger partial charge is 0.497 e. The molecule has 1 aromatic heterocycles. The number of rotatable bonds is 3. The Hall–Kier alpha value is -2.07. The minimum Gasteiger partial charge on any atom is -0.497 e. The van der Waals surface area contributed by atoms with E-state index in [1.54, 1.807) is 25.1 Å². The van der Waals surface area contributed by atoms with E-state index in [4.69, 9.17) is 4.74 Å². The first kappa shape index (κ1) is 12.0. The molecule has 0 N–H and O–H groups in total. The lowest BCUT2D eigenvalue weighted by molar-refractivity contribution is 0.414. The van der Waals surface area contributed by atoms with Crippen molar-refractivity contribution in [3.05, 3.63) is 54.7 Å². The minimum atomic E-state index is 0.856. The Balaban J connectivity index is 1.87. The summed E-state index contributed by atoms with van der Waals surface area (Å²) < 4.78 is 5.14. The van der Waals surface area contributed by atoms with E-state index in [-0.39, 0.29) is 0 Å². The van der Waals surface area contributed by atoms with Crippen LogP contribution in [0.2, 0.25) is 0 Å². The van der Waals surface area contributed by atoms with Crippen molar-refractivity contribution in [1.82, 2.24) is 9.97 Å². The molecule has 3 aromatic rings. The lowest BCUT2D eigenvalue weighted by Gasteiger charge is -2.03. The molecular formula is C15H12N2OS. The van der Waals surface area contributed by atoms with E-state index in [0.29, 0.717) is 0 Å². The molecule has 0 amide bonds. The fraction of sp³-hybridized carbons (Fsp3) is 0.0667. The molecule has 0 fully saturated rings. The highest BCUT2D eigenvalue weighted by Crippen LogP contribution is 2.28. The molecule has 2 aromatic carbocycles. The third-order valence-corrected chi connectivity index (χ3v) is 3.62. The second kappa shape index (κ2) is 5.28. The first-order chi connectivity index (χ1) is 9.35. The molecule has 0 aliphatic rings. The predicted molar refractivity (Wildman–Crippen MR) is 76.7 cm³/mol. The number of benzene rings is 2. The van der Waals surface area contributed by atoms with Crippen LogP contribution in [0.15, 0.2) is 64.6 Å². The monoisotopic (exact) mass is 268 g/mol. The van der Waals surface area contributed by atoms with Crippen LogP contribution in [0.4, 0.5) is 0 Å². The topological polar surface area (TPSA) is 35.0 Å². The summed E-state index contributed by atoms with van der Waals surface area (Å²) in [7, 11) is 1.66. The highest BCUT2D eigenvalue weighted by atomic mass is 32.2. The van der Waals surface area contributed by atoms with Crippen molar-refractivity contribution in [1.29, 1.82) is 0 Å². The van der Waals surface area contributed by atoms with Gasteiger partial charge in [-0.25, -0.2) is 4.98 Å². The molecule has 0 atom stereocenters. The van der Waals surface area contributed by atoms with E-state index < -0.39 is 0 Å². The summed E-state index contributed by atoms with van der Waals surface area (Å²) in [4.78, 5) is 10.1. The molecule has 94 valence electrons. The van der Waals surface area contributed by atoms with Gasteiger partial charge in [-0.2, -0.15) is 0 Å². The summed E-state index contributed by atoms with van der Waals surface area (Å²) in [6.07, 6.45) is 1.80. The summed E-state index contributed by atoms with van der Waals surface area (Å²) in [6, 6.07) is 15.8. The minimum absolute atomic E-state index is 0.856. The first-order valence-corrected chi connectivity index (χ1v) is 6.70. The van der Waals surface area contributed by atoms with Gasteiger partial charge >= 0.3 is 0 Å². The van der Waals surface area contributed by atoms with Crippen molar-refractivity contribution >= 4 is 22.8 Å². The van der Waals surface area contributed by atoms with E-state index in [9.17, 15) is 0 Å². The molecule has 0 bridgehead atoms. The third-order valence-electron chi connectivity index (χ3n) is 2.71. The van der Waals surface area contributed by atoms with Crippen LogP contribution in [-0.4, -0.2) is 17.1 Å². The number of nitrogens with zero attached hydrogens (tertiary/aromatic N) is 2. The van der Waals surface area contributed by atoms with Crippen LogP contribution in [0.5, 0.6) is 5.75 Å². The Kier molecular flexibility index (Phi) is 3.33. The van der Waals surface area contributed by atoms with E-state index in [1.165, 1.54) is 0 Å². The molecule has 4 heteroatoms. The van der Waals surface area contributed by atoms with Crippen LogP contribution in [-0.2, 0) is 0 Å². The van der Waals surface area contributed by atoms with Gasteiger partial charge in [-0.05, 0) is 36.4 Å². The molecule has 3 nitrogen and oxygen atoms in total. The van der Waals surface area contributed by atoms with Crippen LogP contribution in [0.25, 0.3) is 11.0 Å². The van der Waals surface area contributed by atoms with Gasteiger partial charge in [0.2, 0.25) is 0 Å². The molecule has 0 unspecified atom stereocenters. The normalized spacial score (nSPS) is 10.6. The van der Waals surface area contributed by atoms with Gasteiger partial charge in [0, 0.05) is 4.90 Å². The van der Waals surface area contributed by atoms with Crippen molar-refractivity contribution < 1.29 is 4.74 Å². The van der Waals surface area contributed by atoms with Gasteiger partial charge in [0.1, 0.15) is 10.8 Å². The molecule has 0 spiro atoms. The van der Waals surface area contributed by atoms with E-state index in [2.05, 4.69) is 9.97 Å². The lowest BCUT2D eigenvalue weighted by atomic mass is 10.3. The van der Waals surface area contributed by atoms with Gasteiger partial charge in [-0.1, -0.05) is 23.9 Å². The quantitative estimate of drug-likeness (QED) is 0.724. The van der Waals surface area contributed by atoms with Crippen molar-refractivity contribution in [3.63, 3.8) is 0 Å². The molecule has 19 heavy (non-hydrogen) atoms. The van der Waals surface area contributed by atoms with Gasteiger partial charge in [0.05, 0.1) is 24.3 Å². The van der Waals surface area contributed by atoms with Crippen LogP contribution in [0.3, 0.4) is 0 Å². The number of aromatic nitrogens is 2. The second-order valence-electron chi connectivity index (χ2n) is 3.97. The number of para-hydroxylation sites is 2. The average molecular weight is 268 g/mol. The number of methoxy groups -OCH3 is 1. The lowest BCUT2D eigenvalue weighted by Crippen LogP contribution is -1.86. The molecule has 1 heterocycles. The molecule has 0 aliphatic heterocycles. The standard InChI is InChI=1S/C15H12N2OS/c1-18-11-6-8-12(9-7-11)19-15-10-16-13-4-2-3-5-14(13)17-15/h2-10H,1H3. The highest BCUT2D eigenvalue weighted by Gasteiger charge is 2.02. The van der Waals surface area contributed by atoms with Crippen LogP contribution < -0.4 is 4.74 Å². The maximum Gasteiger partial charge on any atom is 0.120 e. The van der Waals surface area contributed by atoms with E-state index >= 15 is 0 Å². The number of ether oxygens (including phenoxy) is 1. The van der Waals surface area contributed by atoms with Crippen LogP contribution >= 0.6 is 11.8 Å².